The third-order valence-corrected chi connectivity index (χ3v) is 1.94. The van der Waals surface area contributed by atoms with Crippen LogP contribution in [0.3, 0.4) is 0 Å². The molecule has 0 aliphatic heterocycles. The van der Waals surface area contributed by atoms with Crippen molar-refractivity contribution in [3.63, 3.8) is 0 Å². The lowest BCUT2D eigenvalue weighted by atomic mass is 9.89. The van der Waals surface area contributed by atoms with Crippen molar-refractivity contribution in [1.82, 2.24) is 0 Å². The van der Waals surface area contributed by atoms with Crippen LogP contribution in [0.1, 0.15) is 1.37 Å². The zero-order chi connectivity index (χ0) is 10.2. The first kappa shape index (κ1) is 8.15. The number of hydrogen-bond donors (Lipinski definition) is 5. The van der Waals surface area contributed by atoms with Gasteiger partial charge in [-0.3, -0.25) is 0 Å². The van der Waals surface area contributed by atoms with Crippen molar-refractivity contribution in [1.29, 1.82) is 0 Å². The van der Waals surface area contributed by atoms with Gasteiger partial charge in [0.25, 0.3) is 0 Å². The Morgan fingerprint density at radius 1 is 1.42 bits per heavy atom. The molecule has 0 aromatic carbocycles. The molecule has 1 aliphatic carbocycles. The first-order valence-corrected chi connectivity index (χ1v) is 3.57. The molecule has 0 fully saturated rings. The van der Waals surface area contributed by atoms with E-state index >= 15 is 0 Å². The number of hydrogen-bond acceptors (Lipinski definition) is 5. The van der Waals surface area contributed by atoms with E-state index in [1.165, 1.54) is 6.08 Å². The van der Waals surface area contributed by atoms with E-state index in [-0.39, 0.29) is 5.57 Å². The molecule has 1 aliphatic rings. The van der Waals surface area contributed by atoms with Gasteiger partial charge in [0, 0.05) is 0 Å². The molecule has 6 N–H and O–H groups in total. The maximum Gasteiger partial charge on any atom is 0.111 e. The molecular weight excluding hydrogens is 162 g/mol. The predicted molar refractivity (Wildman–Crippen MR) is 41.2 cm³/mol. The van der Waals surface area contributed by atoms with Gasteiger partial charge in [-0.1, -0.05) is 6.08 Å². The van der Waals surface area contributed by atoms with Crippen LogP contribution in [-0.2, 0) is 0 Å². The van der Waals surface area contributed by atoms with Gasteiger partial charge in [0.1, 0.15) is 18.3 Å². The van der Waals surface area contributed by atoms with Gasteiger partial charge in [0.2, 0.25) is 0 Å². The summed E-state index contributed by atoms with van der Waals surface area (Å²) in [6, 6.07) is -0.867. The largest absolute Gasteiger partial charge is 0.392 e. The van der Waals surface area contributed by atoms with Gasteiger partial charge in [-0.15, -0.1) is 0 Å². The van der Waals surface area contributed by atoms with E-state index in [1.54, 1.807) is 0 Å². The van der Waals surface area contributed by atoms with Crippen LogP contribution in [0.2, 0.25) is 0 Å². The van der Waals surface area contributed by atoms with Crippen LogP contribution < -0.4 is 5.73 Å². The van der Waals surface area contributed by atoms with Gasteiger partial charge < -0.3 is 26.2 Å². The SMILES string of the molecule is [3H]C(O)C1=CC(N)[C@H](O)[C@@H](O)[C@@H]1O. The van der Waals surface area contributed by atoms with Crippen molar-refractivity contribution in [3.05, 3.63) is 11.6 Å². The Hall–Kier alpha value is -0.460. The Morgan fingerprint density at radius 3 is 2.50 bits per heavy atom. The van der Waals surface area contributed by atoms with E-state index in [4.69, 9.17) is 12.2 Å². The zero-order valence-electron chi connectivity index (χ0n) is 7.33. The lowest BCUT2D eigenvalue weighted by Crippen LogP contribution is -2.52. The van der Waals surface area contributed by atoms with E-state index in [9.17, 15) is 15.3 Å². The first-order chi connectivity index (χ1) is 5.95. The molecule has 5 nitrogen and oxygen atoms in total. The summed E-state index contributed by atoms with van der Waals surface area (Å²) in [6.45, 7) is -1.62. The van der Waals surface area contributed by atoms with Crippen LogP contribution in [0, 0.1) is 0 Å². The fourth-order valence-electron chi connectivity index (χ4n) is 1.15. The van der Waals surface area contributed by atoms with Crippen molar-refractivity contribution in [2.75, 3.05) is 6.58 Å². The molecular formula is C7H13NO4. The zero-order valence-corrected chi connectivity index (χ0v) is 6.33. The third-order valence-electron chi connectivity index (χ3n) is 1.94. The fourth-order valence-corrected chi connectivity index (χ4v) is 1.15. The maximum absolute atomic E-state index is 9.28. The molecule has 0 heterocycles. The molecule has 12 heavy (non-hydrogen) atoms. The summed E-state index contributed by atoms with van der Waals surface area (Å²) in [6.07, 6.45) is -2.95. The van der Waals surface area contributed by atoms with Crippen LogP contribution in [0.4, 0.5) is 0 Å². The fraction of sp³-hybridized carbons (Fsp3) is 0.714. The van der Waals surface area contributed by atoms with Crippen molar-refractivity contribution in [2.24, 2.45) is 5.73 Å². The van der Waals surface area contributed by atoms with E-state index in [2.05, 4.69) is 0 Å². The number of aliphatic hydroxyl groups excluding tert-OH is 4. The minimum atomic E-state index is -1.62. The summed E-state index contributed by atoms with van der Waals surface area (Å²) in [4.78, 5) is 0. The minimum Gasteiger partial charge on any atom is -0.392 e. The molecule has 0 saturated heterocycles. The Labute approximate surface area is 71.2 Å². The molecule has 0 aromatic rings. The smallest absolute Gasteiger partial charge is 0.111 e. The van der Waals surface area contributed by atoms with E-state index in [0.29, 0.717) is 0 Å². The normalized spacial score (nSPS) is 46.4. The lowest BCUT2D eigenvalue weighted by Gasteiger charge is -2.32. The topological polar surface area (TPSA) is 107 Å². The highest BCUT2D eigenvalue weighted by atomic mass is 16.4. The molecule has 1 rings (SSSR count). The summed E-state index contributed by atoms with van der Waals surface area (Å²) >= 11 is 0. The third kappa shape index (κ3) is 1.50. The Balaban J connectivity index is 2.91. The Morgan fingerprint density at radius 2 is 2.00 bits per heavy atom. The molecule has 2 unspecified atom stereocenters. The van der Waals surface area contributed by atoms with Gasteiger partial charge in [-0.25, -0.2) is 0 Å². The van der Waals surface area contributed by atoms with E-state index in [1.807, 2.05) is 0 Å². The quantitative estimate of drug-likeness (QED) is 0.281. The minimum absolute atomic E-state index is 0.0784. The highest BCUT2D eigenvalue weighted by Crippen LogP contribution is 2.18. The van der Waals surface area contributed by atoms with Gasteiger partial charge >= 0.3 is 0 Å². The molecule has 0 radical (unpaired) electrons. The van der Waals surface area contributed by atoms with Crippen LogP contribution in [0.5, 0.6) is 0 Å². The summed E-state index contributed by atoms with van der Waals surface area (Å²) in [5.74, 6) is 0. The lowest BCUT2D eigenvalue weighted by molar-refractivity contribution is -0.0596. The standard InChI is InChI=1S/C7H13NO4/c8-4-1-3(2-9)5(10)7(12)6(4)11/h1,4-7,9-12H,2,8H2/t4?,5-,6+,7+/m1/s1/i2T/t2?,4?,5-,6+,7+. The number of nitrogens with two attached hydrogens (primary N) is 1. The van der Waals surface area contributed by atoms with E-state index in [0.717, 1.165) is 0 Å². The molecule has 5 heteroatoms. The monoisotopic (exact) mass is 177 g/mol. The second-order valence-corrected chi connectivity index (χ2v) is 2.80. The van der Waals surface area contributed by atoms with Gasteiger partial charge in [-0.05, 0) is 5.57 Å². The van der Waals surface area contributed by atoms with Crippen molar-refractivity contribution >= 4 is 0 Å². The average molecular weight is 177 g/mol. The van der Waals surface area contributed by atoms with Crippen LogP contribution >= 0.6 is 0 Å². The summed E-state index contributed by atoms with van der Waals surface area (Å²) in [5, 5.41) is 36.6. The molecule has 0 saturated carbocycles. The Kier molecular flexibility index (Phi) is 2.38. The molecule has 70 valence electrons. The van der Waals surface area contributed by atoms with Crippen molar-refractivity contribution < 1.29 is 21.8 Å². The number of rotatable bonds is 1. The number of aliphatic hydroxyl groups is 4. The molecule has 0 amide bonds. The second kappa shape index (κ2) is 3.51. The Bertz CT molecular complexity index is 221. The first-order valence-electron chi connectivity index (χ1n) is 4.14. The summed E-state index contributed by atoms with van der Waals surface area (Å²) < 4.78 is 6.93. The van der Waals surface area contributed by atoms with Crippen LogP contribution in [0.25, 0.3) is 0 Å². The highest BCUT2D eigenvalue weighted by Gasteiger charge is 2.34. The van der Waals surface area contributed by atoms with E-state index < -0.39 is 30.9 Å². The van der Waals surface area contributed by atoms with Crippen LogP contribution in [0.15, 0.2) is 11.6 Å². The predicted octanol–water partition coefficient (Wildman–Crippen LogP) is -2.67. The van der Waals surface area contributed by atoms with Crippen LogP contribution in [-0.4, -0.2) is 51.4 Å². The molecule has 0 bridgehead atoms. The van der Waals surface area contributed by atoms with Crippen molar-refractivity contribution in [3.8, 4) is 0 Å². The summed E-state index contributed by atoms with van der Waals surface area (Å²) in [7, 11) is 0. The average Bonchev–Trinajstić information content (AvgIpc) is 2.07. The maximum atomic E-state index is 9.28. The van der Waals surface area contributed by atoms with Gasteiger partial charge in [0.05, 0.1) is 14.0 Å². The highest BCUT2D eigenvalue weighted by molar-refractivity contribution is 5.20. The molecule has 0 spiro atoms. The molecule has 0 aromatic heterocycles. The van der Waals surface area contributed by atoms with Gasteiger partial charge in [-0.2, -0.15) is 0 Å². The molecule has 5 atom stereocenters. The second-order valence-electron chi connectivity index (χ2n) is 2.80. The van der Waals surface area contributed by atoms with Gasteiger partial charge in [0.15, 0.2) is 0 Å². The van der Waals surface area contributed by atoms with Crippen molar-refractivity contribution in [2.45, 2.75) is 24.4 Å². The summed E-state index contributed by atoms with van der Waals surface area (Å²) in [5.41, 5.74) is 5.29.